The lowest BCUT2D eigenvalue weighted by molar-refractivity contribution is 0.439. The van der Waals surface area contributed by atoms with Crippen LogP contribution in [0, 0.1) is 0 Å². The van der Waals surface area contributed by atoms with Crippen molar-refractivity contribution in [3.63, 3.8) is 0 Å². The van der Waals surface area contributed by atoms with Crippen LogP contribution in [0.2, 0.25) is 0 Å². The SMILES string of the molecule is C=CS(=O)(=O)N1Cc2cccc(Br)c2C1. The van der Waals surface area contributed by atoms with E-state index in [1.54, 1.807) is 0 Å². The van der Waals surface area contributed by atoms with Crippen LogP contribution in [0.4, 0.5) is 0 Å². The molecule has 2 rings (SSSR count). The highest BCUT2D eigenvalue weighted by molar-refractivity contribution is 9.10. The Morgan fingerprint density at radius 3 is 2.73 bits per heavy atom. The van der Waals surface area contributed by atoms with Gasteiger partial charge in [0.15, 0.2) is 0 Å². The number of nitrogens with zero attached hydrogens (tertiary/aromatic N) is 1. The van der Waals surface area contributed by atoms with Gasteiger partial charge in [0.05, 0.1) is 0 Å². The molecule has 0 saturated heterocycles. The highest BCUT2D eigenvalue weighted by Gasteiger charge is 2.27. The third-order valence-electron chi connectivity index (χ3n) is 2.47. The molecule has 1 aromatic carbocycles. The second-order valence-corrected chi connectivity index (χ2v) is 6.09. The topological polar surface area (TPSA) is 37.4 Å². The van der Waals surface area contributed by atoms with Gasteiger partial charge in [-0.15, -0.1) is 0 Å². The Morgan fingerprint density at radius 1 is 1.40 bits per heavy atom. The molecule has 80 valence electrons. The highest BCUT2D eigenvalue weighted by Crippen LogP contribution is 2.30. The lowest BCUT2D eigenvalue weighted by Crippen LogP contribution is -2.22. The Morgan fingerprint density at radius 2 is 2.13 bits per heavy atom. The smallest absolute Gasteiger partial charge is 0.208 e. The fraction of sp³-hybridized carbons (Fsp3) is 0.200. The van der Waals surface area contributed by atoms with Crippen LogP contribution in [0.3, 0.4) is 0 Å². The lowest BCUT2D eigenvalue weighted by atomic mass is 10.1. The maximum Gasteiger partial charge on any atom is 0.236 e. The van der Waals surface area contributed by atoms with E-state index in [4.69, 9.17) is 0 Å². The monoisotopic (exact) mass is 287 g/mol. The molecule has 0 unspecified atom stereocenters. The van der Waals surface area contributed by atoms with Gasteiger partial charge in [-0.1, -0.05) is 34.6 Å². The number of fused-ring (bicyclic) bond motifs is 1. The molecule has 0 N–H and O–H groups in total. The van der Waals surface area contributed by atoms with E-state index in [9.17, 15) is 8.42 Å². The number of benzene rings is 1. The summed E-state index contributed by atoms with van der Waals surface area (Å²) >= 11 is 3.42. The molecule has 0 aromatic heterocycles. The summed E-state index contributed by atoms with van der Waals surface area (Å²) in [6.07, 6.45) is 0. The van der Waals surface area contributed by atoms with Gasteiger partial charge < -0.3 is 0 Å². The van der Waals surface area contributed by atoms with Crippen LogP contribution < -0.4 is 0 Å². The molecule has 3 nitrogen and oxygen atoms in total. The van der Waals surface area contributed by atoms with Crippen LogP contribution in [-0.2, 0) is 23.1 Å². The zero-order valence-corrected chi connectivity index (χ0v) is 10.4. The average Bonchev–Trinajstić information content (AvgIpc) is 2.64. The second-order valence-electron chi connectivity index (χ2n) is 3.36. The fourth-order valence-electron chi connectivity index (χ4n) is 1.64. The van der Waals surface area contributed by atoms with Gasteiger partial charge in [0.2, 0.25) is 10.0 Å². The molecule has 1 heterocycles. The van der Waals surface area contributed by atoms with Crippen LogP contribution in [0.5, 0.6) is 0 Å². The lowest BCUT2D eigenvalue weighted by Gasteiger charge is -2.11. The number of halogens is 1. The first-order valence-corrected chi connectivity index (χ1v) is 6.73. The predicted molar refractivity (Wildman–Crippen MR) is 62.5 cm³/mol. The fourth-order valence-corrected chi connectivity index (χ4v) is 3.01. The molecule has 0 atom stereocenters. The zero-order valence-electron chi connectivity index (χ0n) is 7.98. The summed E-state index contributed by atoms with van der Waals surface area (Å²) in [5, 5.41) is 0.993. The summed E-state index contributed by atoms with van der Waals surface area (Å²) in [5.74, 6) is 0. The first-order valence-electron chi connectivity index (χ1n) is 4.43. The Bertz CT molecular complexity index is 510. The molecule has 1 aliphatic rings. The number of rotatable bonds is 2. The maximum atomic E-state index is 11.6. The van der Waals surface area contributed by atoms with Gasteiger partial charge in [-0.3, -0.25) is 0 Å². The van der Waals surface area contributed by atoms with Crippen molar-refractivity contribution in [2.75, 3.05) is 0 Å². The number of hydrogen-bond donors (Lipinski definition) is 0. The van der Waals surface area contributed by atoms with Crippen molar-refractivity contribution >= 4 is 26.0 Å². The van der Waals surface area contributed by atoms with Crippen LogP contribution in [-0.4, -0.2) is 12.7 Å². The normalized spacial score (nSPS) is 16.3. The molecule has 0 aliphatic carbocycles. The van der Waals surface area contributed by atoms with Crippen molar-refractivity contribution in [1.29, 1.82) is 0 Å². The largest absolute Gasteiger partial charge is 0.236 e. The second kappa shape index (κ2) is 3.73. The van der Waals surface area contributed by atoms with Crippen LogP contribution in [0.15, 0.2) is 34.7 Å². The molecule has 0 amide bonds. The Kier molecular flexibility index (Phi) is 2.70. The standard InChI is InChI=1S/C10H10BrNO2S/c1-2-15(13,14)12-6-8-4-3-5-10(11)9(8)7-12/h2-5H,1,6-7H2. The van der Waals surface area contributed by atoms with Gasteiger partial charge in [-0.25, -0.2) is 8.42 Å². The van der Waals surface area contributed by atoms with Gasteiger partial charge in [-0.05, 0) is 17.2 Å². The minimum atomic E-state index is -3.31. The van der Waals surface area contributed by atoms with Gasteiger partial charge in [0.1, 0.15) is 0 Å². The predicted octanol–water partition coefficient (Wildman–Crippen LogP) is 2.24. The summed E-state index contributed by atoms with van der Waals surface area (Å²) in [6, 6.07) is 5.77. The number of sulfonamides is 1. The Hall–Kier alpha value is -0.650. The van der Waals surface area contributed by atoms with Crippen LogP contribution >= 0.6 is 15.9 Å². The van der Waals surface area contributed by atoms with Crippen molar-refractivity contribution in [2.45, 2.75) is 13.1 Å². The molecular formula is C10H10BrNO2S. The molecule has 0 bridgehead atoms. The third-order valence-corrected chi connectivity index (χ3v) is 4.61. The van der Waals surface area contributed by atoms with E-state index in [2.05, 4.69) is 22.5 Å². The first kappa shape index (κ1) is 10.9. The molecule has 0 saturated carbocycles. The molecule has 0 radical (unpaired) electrons. The summed E-state index contributed by atoms with van der Waals surface area (Å²) in [6.45, 7) is 4.18. The van der Waals surface area contributed by atoms with Gasteiger partial charge in [0, 0.05) is 23.0 Å². The molecule has 15 heavy (non-hydrogen) atoms. The van der Waals surface area contributed by atoms with Gasteiger partial charge in [0.25, 0.3) is 0 Å². The first-order chi connectivity index (χ1) is 7.04. The van der Waals surface area contributed by atoms with E-state index < -0.39 is 10.0 Å². The van der Waals surface area contributed by atoms with Crippen molar-refractivity contribution in [2.24, 2.45) is 0 Å². The molecule has 1 aliphatic heterocycles. The van der Waals surface area contributed by atoms with E-state index in [0.29, 0.717) is 13.1 Å². The molecular weight excluding hydrogens is 278 g/mol. The van der Waals surface area contributed by atoms with Gasteiger partial charge >= 0.3 is 0 Å². The molecule has 0 spiro atoms. The quantitative estimate of drug-likeness (QED) is 0.837. The third kappa shape index (κ3) is 1.87. The Balaban J connectivity index is 2.39. The van der Waals surface area contributed by atoms with Crippen molar-refractivity contribution < 1.29 is 8.42 Å². The average molecular weight is 288 g/mol. The van der Waals surface area contributed by atoms with Gasteiger partial charge in [-0.2, -0.15) is 4.31 Å². The van der Waals surface area contributed by atoms with Crippen LogP contribution in [0.1, 0.15) is 11.1 Å². The van der Waals surface area contributed by atoms with E-state index in [-0.39, 0.29) is 0 Å². The van der Waals surface area contributed by atoms with Crippen molar-refractivity contribution in [1.82, 2.24) is 4.31 Å². The molecule has 0 fully saturated rings. The minimum Gasteiger partial charge on any atom is -0.208 e. The molecule has 5 heteroatoms. The summed E-state index contributed by atoms with van der Waals surface area (Å²) < 4.78 is 25.5. The van der Waals surface area contributed by atoms with E-state index in [0.717, 1.165) is 21.0 Å². The zero-order chi connectivity index (χ0) is 11.1. The highest BCUT2D eigenvalue weighted by atomic mass is 79.9. The Labute approximate surface area is 97.6 Å². The van der Waals surface area contributed by atoms with E-state index in [1.165, 1.54) is 4.31 Å². The van der Waals surface area contributed by atoms with E-state index in [1.807, 2.05) is 18.2 Å². The summed E-state index contributed by atoms with van der Waals surface area (Å²) in [7, 11) is -3.31. The van der Waals surface area contributed by atoms with E-state index >= 15 is 0 Å². The number of hydrogen-bond acceptors (Lipinski definition) is 2. The van der Waals surface area contributed by atoms with Crippen molar-refractivity contribution in [3.05, 3.63) is 45.8 Å². The van der Waals surface area contributed by atoms with Crippen molar-refractivity contribution in [3.8, 4) is 0 Å². The maximum absolute atomic E-state index is 11.6. The summed E-state index contributed by atoms with van der Waals surface area (Å²) in [4.78, 5) is 0. The minimum absolute atomic E-state index is 0.422. The molecule has 1 aromatic rings. The summed E-state index contributed by atoms with van der Waals surface area (Å²) in [5.41, 5.74) is 2.10. The van der Waals surface area contributed by atoms with Crippen LogP contribution in [0.25, 0.3) is 0 Å².